The van der Waals surface area contributed by atoms with E-state index in [1.165, 1.54) is 0 Å². The van der Waals surface area contributed by atoms with Crippen LogP contribution in [0.4, 0.5) is 0 Å². The van der Waals surface area contributed by atoms with Gasteiger partial charge in [-0.1, -0.05) is 13.8 Å². The van der Waals surface area contributed by atoms with Crippen molar-refractivity contribution < 1.29 is 4.79 Å². The lowest BCUT2D eigenvalue weighted by molar-refractivity contribution is 0.0946. The Hall–Kier alpha value is -1.69. The van der Waals surface area contributed by atoms with Gasteiger partial charge in [-0.05, 0) is 13.0 Å². The fourth-order valence-corrected chi connectivity index (χ4v) is 2.51. The van der Waals surface area contributed by atoms with Crippen molar-refractivity contribution in [3.8, 4) is 0 Å². The summed E-state index contributed by atoms with van der Waals surface area (Å²) in [5.41, 5.74) is 1.47. The summed E-state index contributed by atoms with van der Waals surface area (Å²) in [6.07, 6.45) is 1.56. The van der Waals surface area contributed by atoms with E-state index in [4.69, 9.17) is 0 Å². The average molecular weight is 264 g/mol. The van der Waals surface area contributed by atoms with Gasteiger partial charge in [-0.15, -0.1) is 11.3 Å². The highest BCUT2D eigenvalue weighted by atomic mass is 32.1. The Bertz CT molecular complexity index is 530. The molecule has 18 heavy (non-hydrogen) atoms. The quantitative estimate of drug-likeness (QED) is 0.889. The lowest BCUT2D eigenvalue weighted by Gasteiger charge is -2.01. The van der Waals surface area contributed by atoms with Crippen LogP contribution in [-0.2, 0) is 6.54 Å². The molecule has 1 amide bonds. The van der Waals surface area contributed by atoms with Crippen molar-refractivity contribution in [3.63, 3.8) is 0 Å². The van der Waals surface area contributed by atoms with Crippen LogP contribution in [0.1, 0.15) is 45.8 Å². The molecular weight excluding hydrogens is 248 g/mol. The normalized spacial score (nSPS) is 10.9. The van der Waals surface area contributed by atoms with Gasteiger partial charge in [-0.25, -0.2) is 4.98 Å². The van der Waals surface area contributed by atoms with Crippen LogP contribution in [-0.4, -0.2) is 21.1 Å². The number of nitrogens with zero attached hydrogens (tertiary/aromatic N) is 2. The fourth-order valence-electron chi connectivity index (χ4n) is 1.50. The molecule has 2 aromatic rings. The van der Waals surface area contributed by atoms with Crippen LogP contribution in [0.3, 0.4) is 0 Å². The molecule has 6 heteroatoms. The number of hydrogen-bond donors (Lipinski definition) is 2. The van der Waals surface area contributed by atoms with E-state index < -0.39 is 0 Å². The Morgan fingerprint density at radius 3 is 2.89 bits per heavy atom. The van der Waals surface area contributed by atoms with Gasteiger partial charge in [0.25, 0.3) is 5.91 Å². The fraction of sp³-hybridized carbons (Fsp3) is 0.417. The van der Waals surface area contributed by atoms with Crippen molar-refractivity contribution in [2.24, 2.45) is 0 Å². The molecule has 2 aromatic heterocycles. The number of aromatic amines is 1. The summed E-state index contributed by atoms with van der Waals surface area (Å²) >= 11 is 1.66. The third-order valence-electron chi connectivity index (χ3n) is 2.56. The van der Waals surface area contributed by atoms with Crippen LogP contribution >= 0.6 is 11.3 Å². The van der Waals surface area contributed by atoms with Crippen LogP contribution in [0.5, 0.6) is 0 Å². The number of carbonyl (C=O) groups excluding carboxylic acids is 1. The summed E-state index contributed by atoms with van der Waals surface area (Å²) in [6.45, 7) is 6.71. The maximum atomic E-state index is 11.7. The van der Waals surface area contributed by atoms with Crippen molar-refractivity contribution in [2.45, 2.75) is 33.2 Å². The summed E-state index contributed by atoms with van der Waals surface area (Å²) in [5, 5.41) is 10.3. The van der Waals surface area contributed by atoms with E-state index in [-0.39, 0.29) is 5.91 Å². The van der Waals surface area contributed by atoms with Crippen LogP contribution in [0.2, 0.25) is 0 Å². The Morgan fingerprint density at radius 2 is 2.33 bits per heavy atom. The minimum absolute atomic E-state index is 0.147. The molecule has 2 N–H and O–H groups in total. The molecule has 0 saturated heterocycles. The monoisotopic (exact) mass is 264 g/mol. The number of nitrogens with one attached hydrogen (secondary N) is 2. The van der Waals surface area contributed by atoms with Gasteiger partial charge in [0.1, 0.15) is 5.69 Å². The minimum atomic E-state index is -0.147. The van der Waals surface area contributed by atoms with Crippen LogP contribution in [0.25, 0.3) is 0 Å². The van der Waals surface area contributed by atoms with Crippen molar-refractivity contribution in [1.29, 1.82) is 0 Å². The second-order valence-electron chi connectivity index (χ2n) is 4.37. The number of aryl methyl sites for hydroxylation is 1. The Morgan fingerprint density at radius 1 is 1.56 bits per heavy atom. The topological polar surface area (TPSA) is 70.7 Å². The molecule has 0 aliphatic heterocycles. The van der Waals surface area contributed by atoms with Crippen molar-refractivity contribution in [2.75, 3.05) is 0 Å². The third-order valence-corrected chi connectivity index (χ3v) is 4.02. The third kappa shape index (κ3) is 2.76. The molecule has 0 aromatic carbocycles. The van der Waals surface area contributed by atoms with E-state index in [0.29, 0.717) is 18.2 Å². The van der Waals surface area contributed by atoms with Gasteiger partial charge < -0.3 is 5.32 Å². The van der Waals surface area contributed by atoms with E-state index in [2.05, 4.69) is 34.3 Å². The van der Waals surface area contributed by atoms with Gasteiger partial charge in [-0.3, -0.25) is 9.89 Å². The first-order valence-electron chi connectivity index (χ1n) is 5.81. The highest BCUT2D eigenvalue weighted by Crippen LogP contribution is 2.24. The summed E-state index contributed by atoms with van der Waals surface area (Å²) in [5.74, 6) is 0.275. The number of thiazole rings is 1. The second kappa shape index (κ2) is 5.30. The second-order valence-corrected chi connectivity index (χ2v) is 5.48. The summed E-state index contributed by atoms with van der Waals surface area (Å²) in [4.78, 5) is 17.3. The van der Waals surface area contributed by atoms with Gasteiger partial charge in [0, 0.05) is 17.0 Å². The number of carbonyl (C=O) groups is 1. The Balaban J connectivity index is 2.00. The van der Waals surface area contributed by atoms with Gasteiger partial charge >= 0.3 is 0 Å². The van der Waals surface area contributed by atoms with Gasteiger partial charge in [-0.2, -0.15) is 5.10 Å². The molecule has 0 aliphatic carbocycles. The molecule has 0 fully saturated rings. The molecule has 0 spiro atoms. The smallest absolute Gasteiger partial charge is 0.269 e. The molecule has 96 valence electrons. The molecule has 0 aliphatic rings. The number of rotatable bonds is 4. The first-order chi connectivity index (χ1) is 8.58. The molecular formula is C12H16N4OS. The van der Waals surface area contributed by atoms with Gasteiger partial charge in [0.05, 0.1) is 17.2 Å². The molecule has 0 radical (unpaired) electrons. The summed E-state index contributed by atoms with van der Waals surface area (Å²) in [6, 6.07) is 1.65. The van der Waals surface area contributed by atoms with E-state index in [1.807, 2.05) is 6.92 Å². The minimum Gasteiger partial charge on any atom is -0.346 e. The van der Waals surface area contributed by atoms with E-state index in [1.54, 1.807) is 23.6 Å². The molecule has 0 atom stereocenters. The molecule has 2 rings (SSSR count). The Labute approximate surface area is 110 Å². The molecule has 0 unspecified atom stereocenters. The first kappa shape index (κ1) is 12.8. The average Bonchev–Trinajstić information content (AvgIpc) is 2.95. The number of H-pyrrole nitrogens is 1. The highest BCUT2D eigenvalue weighted by molar-refractivity contribution is 7.11. The molecule has 0 saturated carbocycles. The number of aromatic nitrogens is 3. The Kier molecular flexibility index (Phi) is 3.76. The zero-order chi connectivity index (χ0) is 13.1. The largest absolute Gasteiger partial charge is 0.346 e. The van der Waals surface area contributed by atoms with Gasteiger partial charge in [0.15, 0.2) is 0 Å². The molecule has 2 heterocycles. The van der Waals surface area contributed by atoms with E-state index in [9.17, 15) is 4.79 Å². The van der Waals surface area contributed by atoms with Gasteiger partial charge in [0.2, 0.25) is 0 Å². The van der Waals surface area contributed by atoms with Crippen LogP contribution in [0, 0.1) is 6.92 Å². The van der Waals surface area contributed by atoms with Crippen LogP contribution < -0.4 is 5.32 Å². The van der Waals surface area contributed by atoms with Crippen LogP contribution in [0.15, 0.2) is 12.3 Å². The summed E-state index contributed by atoms with van der Waals surface area (Å²) in [7, 11) is 0. The van der Waals surface area contributed by atoms with E-state index in [0.717, 1.165) is 15.6 Å². The predicted molar refractivity (Wildman–Crippen MR) is 70.7 cm³/mol. The molecule has 5 nitrogen and oxygen atoms in total. The maximum absolute atomic E-state index is 11.7. The zero-order valence-corrected chi connectivity index (χ0v) is 11.5. The predicted octanol–water partition coefficient (Wildman–Crippen LogP) is 2.23. The lowest BCUT2D eigenvalue weighted by atomic mass is 10.2. The standard InChI is InChI=1S/C12H16N4OS/c1-7(2)12-15-8(3)10(18-12)6-13-11(17)9-4-5-14-16-9/h4-5,7H,6H2,1-3H3,(H,13,17)(H,14,16). The lowest BCUT2D eigenvalue weighted by Crippen LogP contribution is -2.23. The number of amides is 1. The zero-order valence-electron chi connectivity index (χ0n) is 10.7. The van der Waals surface area contributed by atoms with Crippen molar-refractivity contribution >= 4 is 17.2 Å². The molecule has 0 bridgehead atoms. The first-order valence-corrected chi connectivity index (χ1v) is 6.63. The summed E-state index contributed by atoms with van der Waals surface area (Å²) < 4.78 is 0. The van der Waals surface area contributed by atoms with Crippen molar-refractivity contribution in [3.05, 3.63) is 33.5 Å². The number of hydrogen-bond acceptors (Lipinski definition) is 4. The van der Waals surface area contributed by atoms with Crippen molar-refractivity contribution in [1.82, 2.24) is 20.5 Å². The maximum Gasteiger partial charge on any atom is 0.269 e. The van der Waals surface area contributed by atoms with E-state index >= 15 is 0 Å². The highest BCUT2D eigenvalue weighted by Gasteiger charge is 2.12. The SMILES string of the molecule is Cc1nc(C(C)C)sc1CNC(=O)c1ccn[nH]1.